The van der Waals surface area contributed by atoms with Gasteiger partial charge in [0.2, 0.25) is 5.91 Å². The van der Waals surface area contributed by atoms with Crippen LogP contribution in [0.5, 0.6) is 0 Å². The van der Waals surface area contributed by atoms with Crippen LogP contribution in [-0.4, -0.2) is 30.0 Å². The van der Waals surface area contributed by atoms with Crippen LogP contribution in [-0.2, 0) is 14.8 Å². The quantitative estimate of drug-likeness (QED) is 0.517. The first-order valence-electron chi connectivity index (χ1n) is 7.18. The number of benzene rings is 2. The molecule has 0 saturated heterocycles. The molecule has 7 nitrogen and oxygen atoms in total. The number of fused-ring (bicyclic) bond motifs is 1. The number of hydrogen-bond donors (Lipinski definition) is 2. The Kier molecular flexibility index (Phi) is 4.86. The molecule has 0 radical (unpaired) electrons. The number of hydrogen-bond acceptors (Lipinski definition) is 6. The number of H-pyrrole nitrogens is 1. The molecule has 0 atom stereocenters. The first kappa shape index (κ1) is 17.2. The Morgan fingerprint density at radius 2 is 1.76 bits per heavy atom. The highest BCUT2D eigenvalue weighted by molar-refractivity contribution is 8.00. The van der Waals surface area contributed by atoms with Gasteiger partial charge in [-0.1, -0.05) is 42.1 Å². The van der Waals surface area contributed by atoms with Gasteiger partial charge in [0.05, 0.1) is 21.6 Å². The summed E-state index contributed by atoms with van der Waals surface area (Å²) in [6.07, 6.45) is 0. The largest absolute Gasteiger partial charge is 0.301 e. The maximum Gasteiger partial charge on any atom is 0.264 e. The van der Waals surface area contributed by atoms with Crippen molar-refractivity contribution < 1.29 is 13.2 Å². The van der Waals surface area contributed by atoms with Crippen LogP contribution < -0.4 is 10.3 Å². The van der Waals surface area contributed by atoms with Crippen LogP contribution in [0.4, 0.5) is 0 Å². The van der Waals surface area contributed by atoms with E-state index in [0.29, 0.717) is 10.9 Å². The van der Waals surface area contributed by atoms with E-state index in [-0.39, 0.29) is 21.4 Å². The molecule has 0 spiro atoms. The Hall–Kier alpha value is -2.65. The zero-order valence-corrected chi connectivity index (χ0v) is 14.4. The van der Waals surface area contributed by atoms with Crippen molar-refractivity contribution in [2.75, 3.05) is 5.75 Å². The average Bonchev–Trinajstić information content (AvgIpc) is 2.60. The Labute approximate surface area is 147 Å². The highest BCUT2D eigenvalue weighted by Gasteiger charge is 2.17. The number of nitrogens with one attached hydrogen (secondary N) is 2. The standard InChI is InChI=1S/C16H13N3O4S2/c20-14(19-25(22,23)11-6-2-1-3-7-11)10-24-16-17-13-9-5-4-8-12(13)15(21)18-16/h1-9H,10H2,(H,19,20)(H,17,18,21). The van der Waals surface area contributed by atoms with Gasteiger partial charge in [-0.2, -0.15) is 0 Å². The van der Waals surface area contributed by atoms with Crippen LogP contribution in [0, 0.1) is 0 Å². The monoisotopic (exact) mass is 375 g/mol. The molecule has 9 heteroatoms. The molecular weight excluding hydrogens is 362 g/mol. The van der Waals surface area contributed by atoms with Crippen molar-refractivity contribution in [3.8, 4) is 0 Å². The van der Waals surface area contributed by atoms with E-state index in [1.807, 2.05) is 4.72 Å². The molecule has 25 heavy (non-hydrogen) atoms. The van der Waals surface area contributed by atoms with Crippen LogP contribution in [0.2, 0.25) is 0 Å². The van der Waals surface area contributed by atoms with E-state index in [1.165, 1.54) is 12.1 Å². The van der Waals surface area contributed by atoms with E-state index in [1.54, 1.807) is 42.5 Å². The van der Waals surface area contributed by atoms with Gasteiger partial charge in [-0.3, -0.25) is 9.59 Å². The molecule has 0 aliphatic rings. The fourth-order valence-electron chi connectivity index (χ4n) is 2.11. The minimum atomic E-state index is -3.91. The molecule has 0 saturated carbocycles. The molecule has 0 unspecified atom stereocenters. The molecule has 2 N–H and O–H groups in total. The van der Waals surface area contributed by atoms with Crippen molar-refractivity contribution in [2.45, 2.75) is 10.1 Å². The van der Waals surface area contributed by atoms with E-state index >= 15 is 0 Å². The number of sulfonamides is 1. The second-order valence-corrected chi connectivity index (χ2v) is 7.67. The Bertz CT molecular complexity index is 1080. The maximum atomic E-state index is 12.1. The molecule has 1 aromatic heterocycles. The van der Waals surface area contributed by atoms with Gasteiger partial charge < -0.3 is 4.98 Å². The lowest BCUT2D eigenvalue weighted by molar-refractivity contribution is -0.116. The van der Waals surface area contributed by atoms with Gasteiger partial charge >= 0.3 is 0 Å². The van der Waals surface area contributed by atoms with Gasteiger partial charge in [0.25, 0.3) is 15.6 Å². The summed E-state index contributed by atoms with van der Waals surface area (Å²) in [5.41, 5.74) is 0.191. The van der Waals surface area contributed by atoms with Gasteiger partial charge in [0.15, 0.2) is 5.16 Å². The lowest BCUT2D eigenvalue weighted by atomic mass is 10.2. The van der Waals surface area contributed by atoms with Crippen molar-refractivity contribution >= 4 is 38.6 Å². The summed E-state index contributed by atoms with van der Waals surface area (Å²) in [6.45, 7) is 0. The molecule has 0 aliphatic heterocycles. The second-order valence-electron chi connectivity index (χ2n) is 5.02. The van der Waals surface area contributed by atoms with Gasteiger partial charge in [-0.15, -0.1) is 0 Å². The molecule has 0 bridgehead atoms. The van der Waals surface area contributed by atoms with E-state index in [0.717, 1.165) is 11.8 Å². The predicted octanol–water partition coefficient (Wildman–Crippen LogP) is 1.52. The number of carbonyl (C=O) groups is 1. The third-order valence-electron chi connectivity index (χ3n) is 3.23. The predicted molar refractivity (Wildman–Crippen MR) is 94.9 cm³/mol. The Balaban J connectivity index is 1.70. The molecule has 0 fully saturated rings. The molecule has 128 valence electrons. The third kappa shape index (κ3) is 4.06. The van der Waals surface area contributed by atoms with E-state index in [4.69, 9.17) is 0 Å². The zero-order chi connectivity index (χ0) is 17.9. The van der Waals surface area contributed by atoms with Crippen LogP contribution in [0.15, 0.2) is 69.4 Å². The van der Waals surface area contributed by atoms with Crippen LogP contribution in [0.25, 0.3) is 10.9 Å². The van der Waals surface area contributed by atoms with Gasteiger partial charge in [0, 0.05) is 0 Å². The third-order valence-corrected chi connectivity index (χ3v) is 5.50. The molecule has 1 amide bonds. The second kappa shape index (κ2) is 7.08. The minimum absolute atomic E-state index is 0.00517. The number of thioether (sulfide) groups is 1. The normalized spacial score (nSPS) is 11.4. The van der Waals surface area contributed by atoms with Crippen LogP contribution >= 0.6 is 11.8 Å². The maximum absolute atomic E-state index is 12.1. The summed E-state index contributed by atoms with van der Waals surface area (Å²) in [4.78, 5) is 30.7. The SMILES string of the molecule is O=C(CSc1nc2ccccc2c(=O)[nH]1)NS(=O)(=O)c1ccccc1. The van der Waals surface area contributed by atoms with Crippen molar-refractivity contribution in [1.29, 1.82) is 0 Å². The van der Waals surface area contributed by atoms with Crippen molar-refractivity contribution in [2.24, 2.45) is 0 Å². The number of para-hydroxylation sites is 1. The molecule has 2 aromatic carbocycles. The van der Waals surface area contributed by atoms with E-state index in [2.05, 4.69) is 9.97 Å². The van der Waals surface area contributed by atoms with Gasteiger partial charge in [0.1, 0.15) is 0 Å². The van der Waals surface area contributed by atoms with Crippen molar-refractivity contribution in [1.82, 2.24) is 14.7 Å². The molecule has 3 aromatic rings. The zero-order valence-electron chi connectivity index (χ0n) is 12.8. The van der Waals surface area contributed by atoms with E-state index in [9.17, 15) is 18.0 Å². The summed E-state index contributed by atoms with van der Waals surface area (Å²) in [5.74, 6) is -0.905. The van der Waals surface area contributed by atoms with Gasteiger partial charge in [-0.05, 0) is 24.3 Å². The number of amides is 1. The Morgan fingerprint density at radius 1 is 1.08 bits per heavy atom. The number of rotatable bonds is 5. The molecule has 0 aliphatic carbocycles. The lowest BCUT2D eigenvalue weighted by Gasteiger charge is -2.06. The number of aromatic nitrogens is 2. The topological polar surface area (TPSA) is 109 Å². The molecule has 3 rings (SSSR count). The number of aromatic amines is 1. The Morgan fingerprint density at radius 3 is 2.52 bits per heavy atom. The fraction of sp³-hybridized carbons (Fsp3) is 0.0625. The van der Waals surface area contributed by atoms with Crippen molar-refractivity contribution in [3.05, 3.63) is 65.0 Å². The summed E-state index contributed by atoms with van der Waals surface area (Å²) < 4.78 is 26.1. The summed E-state index contributed by atoms with van der Waals surface area (Å²) in [6, 6.07) is 14.4. The van der Waals surface area contributed by atoms with Gasteiger partial charge in [-0.25, -0.2) is 18.1 Å². The van der Waals surface area contributed by atoms with Crippen LogP contribution in [0.1, 0.15) is 0 Å². The van der Waals surface area contributed by atoms with Crippen LogP contribution in [0.3, 0.4) is 0 Å². The smallest absolute Gasteiger partial charge is 0.264 e. The van der Waals surface area contributed by atoms with E-state index < -0.39 is 15.9 Å². The first-order chi connectivity index (χ1) is 12.0. The summed E-state index contributed by atoms with van der Waals surface area (Å²) in [5, 5.41) is 0.693. The lowest BCUT2D eigenvalue weighted by Crippen LogP contribution is -2.32. The molecular formula is C16H13N3O4S2. The number of nitrogens with zero attached hydrogens (tertiary/aromatic N) is 1. The first-order valence-corrected chi connectivity index (χ1v) is 9.65. The highest BCUT2D eigenvalue weighted by Crippen LogP contribution is 2.15. The average molecular weight is 375 g/mol. The fourth-order valence-corrected chi connectivity index (χ4v) is 3.87. The van der Waals surface area contributed by atoms with Crippen molar-refractivity contribution in [3.63, 3.8) is 0 Å². The summed E-state index contributed by atoms with van der Waals surface area (Å²) in [7, 11) is -3.91. The molecule has 1 heterocycles. The highest BCUT2D eigenvalue weighted by atomic mass is 32.2. The number of carbonyl (C=O) groups excluding carboxylic acids is 1. The minimum Gasteiger partial charge on any atom is -0.301 e. The summed E-state index contributed by atoms with van der Waals surface area (Å²) >= 11 is 0.950.